The number of rotatable bonds is 5. The number of hydrogen-bond acceptors (Lipinski definition) is 2. The standard InChI is InChI=1S/C17H20N2OS/c1-3-20-16-11-7-10-15(12-16)19-17(21)18-13(2)14-8-5-4-6-9-14/h4-13H,3H2,1-2H3,(H2,18,19,21)/t13-/m0/s1. The van der Waals surface area contributed by atoms with Crippen molar-refractivity contribution >= 4 is 23.0 Å². The maximum atomic E-state index is 5.47. The molecule has 0 heterocycles. The molecule has 3 nitrogen and oxygen atoms in total. The summed E-state index contributed by atoms with van der Waals surface area (Å²) < 4.78 is 5.47. The molecule has 2 aromatic rings. The van der Waals surface area contributed by atoms with Crippen molar-refractivity contribution in [2.75, 3.05) is 11.9 Å². The molecule has 0 aliphatic carbocycles. The molecule has 0 bridgehead atoms. The highest BCUT2D eigenvalue weighted by Gasteiger charge is 2.06. The van der Waals surface area contributed by atoms with Crippen LogP contribution in [0.25, 0.3) is 0 Å². The molecule has 0 unspecified atom stereocenters. The fraction of sp³-hybridized carbons (Fsp3) is 0.235. The van der Waals surface area contributed by atoms with Crippen molar-refractivity contribution in [1.82, 2.24) is 5.32 Å². The van der Waals surface area contributed by atoms with Crippen LogP contribution in [0.15, 0.2) is 54.6 Å². The minimum atomic E-state index is 0.154. The fourth-order valence-corrected chi connectivity index (χ4v) is 2.31. The van der Waals surface area contributed by atoms with Gasteiger partial charge in [-0.05, 0) is 43.8 Å². The normalized spacial score (nSPS) is 11.5. The third kappa shape index (κ3) is 4.76. The van der Waals surface area contributed by atoms with Crippen molar-refractivity contribution in [3.05, 3.63) is 60.2 Å². The third-order valence-corrected chi connectivity index (χ3v) is 3.27. The maximum Gasteiger partial charge on any atom is 0.171 e. The smallest absolute Gasteiger partial charge is 0.171 e. The van der Waals surface area contributed by atoms with E-state index in [0.29, 0.717) is 11.7 Å². The summed E-state index contributed by atoms with van der Waals surface area (Å²) in [6.07, 6.45) is 0. The molecule has 0 aromatic heterocycles. The van der Waals surface area contributed by atoms with Gasteiger partial charge < -0.3 is 15.4 Å². The number of hydrogen-bond donors (Lipinski definition) is 2. The van der Waals surface area contributed by atoms with Gasteiger partial charge in [-0.1, -0.05) is 36.4 Å². The predicted octanol–water partition coefficient (Wildman–Crippen LogP) is 4.13. The maximum absolute atomic E-state index is 5.47. The molecule has 2 rings (SSSR count). The lowest BCUT2D eigenvalue weighted by Crippen LogP contribution is -2.30. The molecule has 21 heavy (non-hydrogen) atoms. The van der Waals surface area contributed by atoms with E-state index in [2.05, 4.69) is 29.7 Å². The number of benzene rings is 2. The summed E-state index contributed by atoms with van der Waals surface area (Å²) in [5.41, 5.74) is 2.11. The van der Waals surface area contributed by atoms with Gasteiger partial charge in [0.15, 0.2) is 5.11 Å². The van der Waals surface area contributed by atoms with E-state index in [1.165, 1.54) is 5.56 Å². The summed E-state index contributed by atoms with van der Waals surface area (Å²) in [5, 5.41) is 7.05. The van der Waals surface area contributed by atoms with E-state index in [1.54, 1.807) is 0 Å². The van der Waals surface area contributed by atoms with Crippen molar-refractivity contribution in [3.8, 4) is 5.75 Å². The average Bonchev–Trinajstić information content (AvgIpc) is 2.48. The molecule has 0 saturated carbocycles. The van der Waals surface area contributed by atoms with Crippen molar-refractivity contribution < 1.29 is 4.74 Å². The van der Waals surface area contributed by atoms with Gasteiger partial charge in [0.2, 0.25) is 0 Å². The van der Waals surface area contributed by atoms with Crippen LogP contribution in [0.4, 0.5) is 5.69 Å². The average molecular weight is 300 g/mol. The van der Waals surface area contributed by atoms with Gasteiger partial charge in [-0.25, -0.2) is 0 Å². The Hall–Kier alpha value is -2.07. The van der Waals surface area contributed by atoms with Crippen molar-refractivity contribution in [2.45, 2.75) is 19.9 Å². The largest absolute Gasteiger partial charge is 0.494 e. The van der Waals surface area contributed by atoms with Crippen LogP contribution >= 0.6 is 12.2 Å². The van der Waals surface area contributed by atoms with Crippen LogP contribution < -0.4 is 15.4 Å². The highest BCUT2D eigenvalue weighted by molar-refractivity contribution is 7.80. The first kappa shape index (κ1) is 15.3. The zero-order chi connectivity index (χ0) is 15.1. The lowest BCUT2D eigenvalue weighted by atomic mass is 10.1. The molecule has 0 aliphatic rings. The summed E-state index contributed by atoms with van der Waals surface area (Å²) in [5.74, 6) is 0.835. The van der Waals surface area contributed by atoms with E-state index in [9.17, 15) is 0 Å². The molecular weight excluding hydrogens is 280 g/mol. The first-order valence-electron chi connectivity index (χ1n) is 7.04. The van der Waals surface area contributed by atoms with Crippen LogP contribution in [0.2, 0.25) is 0 Å². The van der Waals surface area contributed by atoms with Crippen LogP contribution in [0.1, 0.15) is 25.5 Å². The van der Waals surface area contributed by atoms with Crippen LogP contribution in [0.3, 0.4) is 0 Å². The molecule has 0 aliphatic heterocycles. The Kier molecular flexibility index (Phi) is 5.58. The van der Waals surface area contributed by atoms with Gasteiger partial charge in [-0.2, -0.15) is 0 Å². The second-order valence-corrected chi connectivity index (χ2v) is 5.10. The van der Waals surface area contributed by atoms with E-state index >= 15 is 0 Å². The molecule has 2 aromatic carbocycles. The van der Waals surface area contributed by atoms with Crippen LogP contribution in [0.5, 0.6) is 5.75 Å². The zero-order valence-corrected chi connectivity index (χ0v) is 13.1. The van der Waals surface area contributed by atoms with Gasteiger partial charge in [0.05, 0.1) is 12.6 Å². The molecule has 2 N–H and O–H groups in total. The summed E-state index contributed by atoms with van der Waals surface area (Å²) >= 11 is 5.36. The molecule has 0 saturated heterocycles. The zero-order valence-electron chi connectivity index (χ0n) is 12.3. The predicted molar refractivity (Wildman–Crippen MR) is 91.8 cm³/mol. The van der Waals surface area contributed by atoms with E-state index in [1.807, 2.05) is 49.4 Å². The van der Waals surface area contributed by atoms with E-state index < -0.39 is 0 Å². The molecule has 0 amide bonds. The summed E-state index contributed by atoms with van der Waals surface area (Å²) in [7, 11) is 0. The Balaban J connectivity index is 1.94. The van der Waals surface area contributed by atoms with Gasteiger partial charge in [0.1, 0.15) is 5.75 Å². The first-order valence-corrected chi connectivity index (χ1v) is 7.45. The van der Waals surface area contributed by atoms with Crippen molar-refractivity contribution in [1.29, 1.82) is 0 Å². The molecular formula is C17H20N2OS. The number of ether oxygens (including phenoxy) is 1. The highest BCUT2D eigenvalue weighted by Crippen LogP contribution is 2.18. The quantitative estimate of drug-likeness (QED) is 0.813. The third-order valence-electron chi connectivity index (χ3n) is 3.05. The minimum Gasteiger partial charge on any atom is -0.494 e. The van der Waals surface area contributed by atoms with Crippen LogP contribution in [0, 0.1) is 0 Å². The molecule has 0 fully saturated rings. The Morgan fingerprint density at radius 1 is 1.14 bits per heavy atom. The van der Waals surface area contributed by atoms with E-state index in [-0.39, 0.29) is 6.04 Å². The SMILES string of the molecule is CCOc1cccc(NC(=S)N[C@@H](C)c2ccccc2)c1. The Labute approximate surface area is 131 Å². The lowest BCUT2D eigenvalue weighted by molar-refractivity contribution is 0.340. The van der Waals surface area contributed by atoms with Crippen molar-refractivity contribution in [3.63, 3.8) is 0 Å². The summed E-state index contributed by atoms with van der Waals surface area (Å²) in [4.78, 5) is 0. The number of thiocarbonyl (C=S) groups is 1. The minimum absolute atomic E-state index is 0.154. The molecule has 110 valence electrons. The first-order chi connectivity index (χ1) is 10.2. The number of anilines is 1. The second-order valence-electron chi connectivity index (χ2n) is 4.69. The van der Waals surface area contributed by atoms with E-state index in [0.717, 1.165) is 11.4 Å². The van der Waals surface area contributed by atoms with Crippen LogP contribution in [-0.2, 0) is 0 Å². The topological polar surface area (TPSA) is 33.3 Å². The molecule has 1 atom stereocenters. The van der Waals surface area contributed by atoms with E-state index in [4.69, 9.17) is 17.0 Å². The van der Waals surface area contributed by atoms with Gasteiger partial charge in [-0.15, -0.1) is 0 Å². The Bertz CT molecular complexity index is 586. The Morgan fingerprint density at radius 2 is 1.90 bits per heavy atom. The lowest BCUT2D eigenvalue weighted by Gasteiger charge is -2.17. The van der Waals surface area contributed by atoms with Gasteiger partial charge >= 0.3 is 0 Å². The summed E-state index contributed by atoms with van der Waals surface area (Å²) in [6.45, 7) is 4.70. The van der Waals surface area contributed by atoms with Crippen molar-refractivity contribution in [2.24, 2.45) is 0 Å². The Morgan fingerprint density at radius 3 is 2.62 bits per heavy atom. The fourth-order valence-electron chi connectivity index (χ4n) is 2.02. The van der Waals surface area contributed by atoms with Gasteiger partial charge in [-0.3, -0.25) is 0 Å². The molecule has 4 heteroatoms. The van der Waals surface area contributed by atoms with Crippen LogP contribution in [-0.4, -0.2) is 11.7 Å². The molecule has 0 radical (unpaired) electrons. The molecule has 0 spiro atoms. The van der Waals surface area contributed by atoms with Gasteiger partial charge in [0, 0.05) is 11.8 Å². The monoisotopic (exact) mass is 300 g/mol. The second kappa shape index (κ2) is 7.64. The number of nitrogens with one attached hydrogen (secondary N) is 2. The van der Waals surface area contributed by atoms with Gasteiger partial charge in [0.25, 0.3) is 0 Å². The highest BCUT2D eigenvalue weighted by atomic mass is 32.1. The summed E-state index contributed by atoms with van der Waals surface area (Å²) in [6, 6.07) is 18.1.